The molecule has 1 unspecified atom stereocenters. The van der Waals surface area contributed by atoms with Crippen LogP contribution in [0.3, 0.4) is 0 Å². The van der Waals surface area contributed by atoms with E-state index < -0.39 is 5.60 Å². The zero-order chi connectivity index (χ0) is 14.3. The lowest BCUT2D eigenvalue weighted by atomic mass is 9.94. The van der Waals surface area contributed by atoms with Crippen molar-refractivity contribution >= 4 is 11.6 Å². The van der Waals surface area contributed by atoms with Crippen molar-refractivity contribution in [3.63, 3.8) is 0 Å². The minimum atomic E-state index is -0.726. The lowest BCUT2D eigenvalue weighted by molar-refractivity contribution is 0.0515. The molecule has 0 saturated heterocycles. The van der Waals surface area contributed by atoms with E-state index in [1.165, 1.54) is 6.33 Å². The predicted molar refractivity (Wildman–Crippen MR) is 79.4 cm³/mol. The van der Waals surface area contributed by atoms with E-state index in [4.69, 9.17) is 0 Å². The number of aromatic nitrogens is 2. The summed E-state index contributed by atoms with van der Waals surface area (Å²) in [5.74, 6) is 2.00. The number of hydrogen-bond acceptors (Lipinski definition) is 5. The molecule has 5 heteroatoms. The first-order valence-corrected chi connectivity index (χ1v) is 6.95. The van der Waals surface area contributed by atoms with Crippen LogP contribution in [-0.2, 0) is 0 Å². The Morgan fingerprint density at radius 2 is 1.89 bits per heavy atom. The Morgan fingerprint density at radius 3 is 2.47 bits per heavy atom. The number of anilines is 2. The van der Waals surface area contributed by atoms with Crippen LogP contribution in [0.4, 0.5) is 11.6 Å². The van der Waals surface area contributed by atoms with E-state index in [2.05, 4.69) is 41.4 Å². The van der Waals surface area contributed by atoms with E-state index in [1.807, 2.05) is 13.0 Å². The quantitative estimate of drug-likeness (QED) is 0.674. The molecule has 0 saturated carbocycles. The highest BCUT2D eigenvalue weighted by Gasteiger charge is 2.21. The first-order valence-electron chi connectivity index (χ1n) is 6.95. The molecule has 0 aliphatic rings. The lowest BCUT2D eigenvalue weighted by Crippen LogP contribution is -2.35. The summed E-state index contributed by atoms with van der Waals surface area (Å²) in [7, 11) is 0. The summed E-state index contributed by atoms with van der Waals surface area (Å²) in [5, 5.41) is 16.6. The molecule has 0 aliphatic carbocycles. The molecular weight excluding hydrogens is 240 g/mol. The maximum atomic E-state index is 10.2. The largest absolute Gasteiger partial charge is 0.388 e. The summed E-state index contributed by atoms with van der Waals surface area (Å²) >= 11 is 0. The number of hydrogen-bond donors (Lipinski definition) is 3. The topological polar surface area (TPSA) is 70.1 Å². The van der Waals surface area contributed by atoms with Crippen molar-refractivity contribution in [3.05, 3.63) is 12.4 Å². The molecule has 1 aromatic heterocycles. The second-order valence-corrected chi connectivity index (χ2v) is 5.66. The summed E-state index contributed by atoms with van der Waals surface area (Å²) in [4.78, 5) is 8.30. The number of nitrogens with zero attached hydrogens (tertiary/aromatic N) is 2. The van der Waals surface area contributed by atoms with Gasteiger partial charge in [-0.15, -0.1) is 0 Å². The van der Waals surface area contributed by atoms with Crippen LogP contribution in [0.1, 0.15) is 40.5 Å². The minimum absolute atomic E-state index is 0.462. The summed E-state index contributed by atoms with van der Waals surface area (Å²) in [5.41, 5.74) is -0.726. The van der Waals surface area contributed by atoms with E-state index in [9.17, 15) is 5.11 Å². The average Bonchev–Trinajstić information content (AvgIpc) is 2.33. The molecule has 108 valence electrons. The van der Waals surface area contributed by atoms with E-state index in [1.54, 1.807) is 0 Å². The summed E-state index contributed by atoms with van der Waals surface area (Å²) < 4.78 is 0. The van der Waals surface area contributed by atoms with Gasteiger partial charge in [-0.05, 0) is 25.7 Å². The third kappa shape index (κ3) is 6.38. The molecule has 1 rings (SSSR count). The number of rotatable bonds is 8. The molecule has 5 nitrogen and oxygen atoms in total. The predicted octanol–water partition coefficient (Wildman–Crippen LogP) is 2.51. The SMILES string of the molecule is CCCNc1cc(NCC(C)(O)CC(C)C)ncn1. The Labute approximate surface area is 115 Å². The van der Waals surface area contributed by atoms with Crippen LogP contribution < -0.4 is 10.6 Å². The van der Waals surface area contributed by atoms with Crippen LogP contribution in [0.25, 0.3) is 0 Å². The molecule has 1 aromatic rings. The Kier molecular flexibility index (Phi) is 6.02. The minimum Gasteiger partial charge on any atom is -0.388 e. The molecule has 0 fully saturated rings. The maximum absolute atomic E-state index is 10.2. The molecule has 0 aliphatic heterocycles. The maximum Gasteiger partial charge on any atom is 0.131 e. The van der Waals surface area contributed by atoms with Crippen LogP contribution in [-0.4, -0.2) is 33.8 Å². The van der Waals surface area contributed by atoms with Crippen molar-refractivity contribution in [1.82, 2.24) is 9.97 Å². The van der Waals surface area contributed by atoms with Gasteiger partial charge in [-0.3, -0.25) is 0 Å². The van der Waals surface area contributed by atoms with Gasteiger partial charge >= 0.3 is 0 Å². The summed E-state index contributed by atoms with van der Waals surface area (Å²) in [6, 6.07) is 1.86. The van der Waals surface area contributed by atoms with Gasteiger partial charge in [0.2, 0.25) is 0 Å². The van der Waals surface area contributed by atoms with Crippen molar-refractivity contribution in [1.29, 1.82) is 0 Å². The van der Waals surface area contributed by atoms with Gasteiger partial charge in [0.15, 0.2) is 0 Å². The van der Waals surface area contributed by atoms with Gasteiger partial charge in [-0.1, -0.05) is 20.8 Å². The van der Waals surface area contributed by atoms with E-state index in [0.29, 0.717) is 12.5 Å². The smallest absolute Gasteiger partial charge is 0.131 e. The highest BCUT2D eigenvalue weighted by molar-refractivity contribution is 5.46. The molecule has 1 heterocycles. The Balaban J connectivity index is 2.52. The fraction of sp³-hybridized carbons (Fsp3) is 0.714. The van der Waals surface area contributed by atoms with Gasteiger partial charge in [0, 0.05) is 19.2 Å². The van der Waals surface area contributed by atoms with Crippen LogP contribution in [0.2, 0.25) is 0 Å². The molecule has 0 aromatic carbocycles. The van der Waals surface area contributed by atoms with Crippen LogP contribution in [0.5, 0.6) is 0 Å². The molecular formula is C14H26N4O. The second kappa shape index (κ2) is 7.28. The van der Waals surface area contributed by atoms with E-state index in [-0.39, 0.29) is 0 Å². The van der Waals surface area contributed by atoms with Gasteiger partial charge in [-0.25, -0.2) is 9.97 Å². The Bertz CT molecular complexity index is 379. The van der Waals surface area contributed by atoms with Gasteiger partial charge in [0.25, 0.3) is 0 Å². The third-order valence-corrected chi connectivity index (χ3v) is 2.72. The fourth-order valence-corrected chi connectivity index (χ4v) is 2.04. The Morgan fingerprint density at radius 1 is 1.26 bits per heavy atom. The van der Waals surface area contributed by atoms with Crippen molar-refractivity contribution in [2.75, 3.05) is 23.7 Å². The lowest BCUT2D eigenvalue weighted by Gasteiger charge is -2.25. The fourth-order valence-electron chi connectivity index (χ4n) is 2.04. The van der Waals surface area contributed by atoms with Crippen molar-refractivity contribution < 1.29 is 5.11 Å². The van der Waals surface area contributed by atoms with Crippen molar-refractivity contribution in [2.24, 2.45) is 5.92 Å². The monoisotopic (exact) mass is 266 g/mol. The van der Waals surface area contributed by atoms with Crippen LogP contribution in [0, 0.1) is 5.92 Å². The molecule has 1 atom stereocenters. The molecule has 19 heavy (non-hydrogen) atoms. The van der Waals surface area contributed by atoms with Crippen molar-refractivity contribution in [2.45, 2.75) is 46.1 Å². The molecule has 3 N–H and O–H groups in total. The molecule has 0 bridgehead atoms. The first-order chi connectivity index (χ1) is 8.93. The number of nitrogens with one attached hydrogen (secondary N) is 2. The Hall–Kier alpha value is -1.36. The standard InChI is InChI=1S/C14H26N4O/c1-5-6-15-12-7-13(18-10-17-12)16-9-14(4,19)8-11(2)3/h7,10-11,19H,5-6,8-9H2,1-4H3,(H2,15,16,17,18). The zero-order valence-electron chi connectivity index (χ0n) is 12.4. The normalized spacial score (nSPS) is 14.2. The van der Waals surface area contributed by atoms with Gasteiger partial charge in [-0.2, -0.15) is 0 Å². The zero-order valence-corrected chi connectivity index (χ0v) is 12.4. The molecule has 0 radical (unpaired) electrons. The van der Waals surface area contributed by atoms with E-state index in [0.717, 1.165) is 31.0 Å². The average molecular weight is 266 g/mol. The van der Waals surface area contributed by atoms with Crippen LogP contribution in [0.15, 0.2) is 12.4 Å². The second-order valence-electron chi connectivity index (χ2n) is 5.66. The summed E-state index contributed by atoms with van der Waals surface area (Å²) in [6.07, 6.45) is 3.33. The first kappa shape index (κ1) is 15.7. The van der Waals surface area contributed by atoms with Crippen molar-refractivity contribution in [3.8, 4) is 0 Å². The highest BCUT2D eigenvalue weighted by atomic mass is 16.3. The highest BCUT2D eigenvalue weighted by Crippen LogP contribution is 2.17. The van der Waals surface area contributed by atoms with E-state index >= 15 is 0 Å². The third-order valence-electron chi connectivity index (χ3n) is 2.72. The van der Waals surface area contributed by atoms with Gasteiger partial charge < -0.3 is 15.7 Å². The number of aliphatic hydroxyl groups is 1. The van der Waals surface area contributed by atoms with Gasteiger partial charge in [0.1, 0.15) is 18.0 Å². The summed E-state index contributed by atoms with van der Waals surface area (Å²) in [6.45, 7) is 9.53. The molecule has 0 amide bonds. The van der Waals surface area contributed by atoms with Crippen LogP contribution >= 0.6 is 0 Å². The van der Waals surface area contributed by atoms with Gasteiger partial charge in [0.05, 0.1) is 5.60 Å². The molecule has 0 spiro atoms.